The number of furan rings is 1. The van der Waals surface area contributed by atoms with Crippen molar-refractivity contribution in [1.29, 1.82) is 5.26 Å². The molecule has 0 amide bonds. The van der Waals surface area contributed by atoms with E-state index in [0.29, 0.717) is 5.76 Å². The quantitative estimate of drug-likeness (QED) is 0.754. The van der Waals surface area contributed by atoms with Gasteiger partial charge in [0.1, 0.15) is 5.76 Å². The number of halogens is 1. The highest BCUT2D eigenvalue weighted by atomic mass is 79.9. The molecule has 21 heavy (non-hydrogen) atoms. The van der Waals surface area contributed by atoms with Crippen molar-refractivity contribution < 1.29 is 12.8 Å². The van der Waals surface area contributed by atoms with Crippen molar-refractivity contribution in [2.24, 2.45) is 7.05 Å². The van der Waals surface area contributed by atoms with Crippen molar-refractivity contribution in [2.45, 2.75) is 18.0 Å². The number of nitriles is 1. The molecule has 0 saturated heterocycles. The molecule has 10 heteroatoms. The average molecular weight is 374 g/mol. The molecule has 2 rings (SSSR count). The Kier molecular flexibility index (Phi) is 4.76. The third-order valence-corrected chi connectivity index (χ3v) is 5.44. The fraction of sp³-hybridized carbons (Fsp3) is 0.364. The summed E-state index contributed by atoms with van der Waals surface area (Å²) in [6, 6.07) is 5.28. The molecule has 0 aliphatic rings. The maximum absolute atomic E-state index is 12.7. The van der Waals surface area contributed by atoms with Crippen LogP contribution in [0.25, 0.3) is 0 Å². The largest absolute Gasteiger partial charge is 0.468 e. The Morgan fingerprint density at radius 1 is 1.57 bits per heavy atom. The van der Waals surface area contributed by atoms with Crippen LogP contribution in [0.3, 0.4) is 0 Å². The lowest BCUT2D eigenvalue weighted by Crippen LogP contribution is -2.33. The lowest BCUT2D eigenvalue weighted by Gasteiger charge is -2.19. The van der Waals surface area contributed by atoms with E-state index < -0.39 is 10.0 Å². The molecule has 0 fully saturated rings. The maximum atomic E-state index is 12.7. The molecule has 0 unspecified atom stereocenters. The zero-order chi connectivity index (χ0) is 15.5. The molecule has 0 N–H and O–H groups in total. The summed E-state index contributed by atoms with van der Waals surface area (Å²) in [6.45, 7) is 0.0891. The SMILES string of the molecule is Cn1nnc(Br)c1S(=O)(=O)N(CCC#N)Cc1ccco1. The first-order valence-corrected chi connectivity index (χ1v) is 8.14. The third-order valence-electron chi connectivity index (χ3n) is 2.71. The van der Waals surface area contributed by atoms with Gasteiger partial charge in [-0.3, -0.25) is 0 Å². The monoisotopic (exact) mass is 373 g/mol. The zero-order valence-corrected chi connectivity index (χ0v) is 13.5. The van der Waals surface area contributed by atoms with E-state index in [2.05, 4.69) is 26.2 Å². The second kappa shape index (κ2) is 6.38. The van der Waals surface area contributed by atoms with Gasteiger partial charge >= 0.3 is 0 Å². The molecule has 0 aliphatic carbocycles. The first-order valence-electron chi connectivity index (χ1n) is 5.91. The van der Waals surface area contributed by atoms with Crippen molar-refractivity contribution in [3.63, 3.8) is 0 Å². The minimum absolute atomic E-state index is 0.0363. The smallest absolute Gasteiger partial charge is 0.263 e. The topological polar surface area (TPSA) is 105 Å². The van der Waals surface area contributed by atoms with Crippen molar-refractivity contribution in [3.8, 4) is 6.07 Å². The van der Waals surface area contributed by atoms with Crippen LogP contribution in [0.2, 0.25) is 0 Å². The van der Waals surface area contributed by atoms with Crippen LogP contribution in [-0.4, -0.2) is 34.3 Å². The van der Waals surface area contributed by atoms with Crippen molar-refractivity contribution in [3.05, 3.63) is 28.8 Å². The molecule has 8 nitrogen and oxygen atoms in total. The van der Waals surface area contributed by atoms with Crippen LogP contribution < -0.4 is 0 Å². The van der Waals surface area contributed by atoms with E-state index in [-0.39, 0.29) is 29.1 Å². The molecule has 2 aromatic rings. The van der Waals surface area contributed by atoms with E-state index in [1.807, 2.05) is 6.07 Å². The number of nitrogens with zero attached hydrogens (tertiary/aromatic N) is 5. The van der Waals surface area contributed by atoms with E-state index in [9.17, 15) is 8.42 Å². The number of hydrogen-bond acceptors (Lipinski definition) is 6. The normalized spacial score (nSPS) is 11.7. The predicted octanol–water partition coefficient (Wildman–Crippen LogP) is 1.28. The molecule has 2 heterocycles. The van der Waals surface area contributed by atoms with Crippen LogP contribution in [-0.2, 0) is 23.6 Å². The Bertz CT molecular complexity index is 728. The predicted molar refractivity (Wildman–Crippen MR) is 75.2 cm³/mol. The van der Waals surface area contributed by atoms with Crippen LogP contribution >= 0.6 is 15.9 Å². The Morgan fingerprint density at radius 3 is 2.86 bits per heavy atom. The standard InChI is InChI=1S/C11H12BrN5O3S/c1-16-11(10(12)14-15-16)21(18,19)17(6-3-5-13)8-9-4-2-7-20-9/h2,4,7H,3,6,8H2,1H3. The van der Waals surface area contributed by atoms with Crippen LogP contribution in [0.4, 0.5) is 0 Å². The number of aromatic nitrogens is 3. The van der Waals surface area contributed by atoms with Crippen molar-refractivity contribution >= 4 is 26.0 Å². The van der Waals surface area contributed by atoms with Gasteiger partial charge in [-0.05, 0) is 28.1 Å². The molecule has 2 aromatic heterocycles. The van der Waals surface area contributed by atoms with Gasteiger partial charge in [0.2, 0.25) is 5.03 Å². The van der Waals surface area contributed by atoms with Gasteiger partial charge in [-0.25, -0.2) is 13.1 Å². The van der Waals surface area contributed by atoms with Gasteiger partial charge in [0.25, 0.3) is 10.0 Å². The van der Waals surface area contributed by atoms with E-state index in [1.54, 1.807) is 12.1 Å². The summed E-state index contributed by atoms with van der Waals surface area (Å²) < 4.78 is 33.1. The highest BCUT2D eigenvalue weighted by Gasteiger charge is 2.31. The minimum atomic E-state index is -3.85. The summed E-state index contributed by atoms with van der Waals surface area (Å²) in [6.07, 6.45) is 1.54. The summed E-state index contributed by atoms with van der Waals surface area (Å²) >= 11 is 3.08. The molecule has 0 bridgehead atoms. The number of sulfonamides is 1. The third kappa shape index (κ3) is 3.31. The van der Waals surface area contributed by atoms with Gasteiger partial charge in [-0.1, -0.05) is 5.21 Å². The minimum Gasteiger partial charge on any atom is -0.468 e. The van der Waals surface area contributed by atoms with Gasteiger partial charge in [0.05, 0.1) is 18.9 Å². The molecule has 0 spiro atoms. The summed E-state index contributed by atoms with van der Waals surface area (Å²) in [5.41, 5.74) is 0. The maximum Gasteiger partial charge on any atom is 0.263 e. The summed E-state index contributed by atoms with van der Waals surface area (Å²) in [5.74, 6) is 0.489. The number of rotatable bonds is 6. The molecule has 0 radical (unpaired) electrons. The fourth-order valence-corrected chi connectivity index (χ4v) is 4.19. The highest BCUT2D eigenvalue weighted by Crippen LogP contribution is 2.24. The number of hydrogen-bond donors (Lipinski definition) is 0. The molecule has 0 atom stereocenters. The lowest BCUT2D eigenvalue weighted by atomic mass is 10.4. The van der Waals surface area contributed by atoms with Crippen LogP contribution in [0.5, 0.6) is 0 Å². The van der Waals surface area contributed by atoms with E-state index in [0.717, 1.165) is 0 Å². The first kappa shape index (κ1) is 15.7. The molecule has 0 aromatic carbocycles. The summed E-state index contributed by atoms with van der Waals surface area (Å²) in [7, 11) is -2.37. The molecule has 0 aliphatic heterocycles. The van der Waals surface area contributed by atoms with Gasteiger partial charge in [0, 0.05) is 20.0 Å². The Labute approximate surface area is 130 Å². The van der Waals surface area contributed by atoms with Crippen molar-refractivity contribution in [2.75, 3.05) is 6.54 Å². The second-order valence-corrected chi connectivity index (χ2v) is 6.74. The summed E-state index contributed by atoms with van der Waals surface area (Å²) in [5, 5.41) is 16.0. The van der Waals surface area contributed by atoms with Crippen LogP contribution in [0.15, 0.2) is 32.4 Å². The Balaban J connectivity index is 2.37. The molecule has 112 valence electrons. The Hall–Kier alpha value is -1.70. The highest BCUT2D eigenvalue weighted by molar-refractivity contribution is 9.10. The molecular weight excluding hydrogens is 362 g/mol. The first-order chi connectivity index (χ1) is 9.96. The average Bonchev–Trinajstić information content (AvgIpc) is 3.04. The summed E-state index contributed by atoms with van der Waals surface area (Å²) in [4.78, 5) is 0. The molecule has 0 saturated carbocycles. The van der Waals surface area contributed by atoms with Gasteiger partial charge in [0.15, 0.2) is 4.60 Å². The molecular formula is C11H12BrN5O3S. The Morgan fingerprint density at radius 2 is 2.33 bits per heavy atom. The van der Waals surface area contributed by atoms with Gasteiger partial charge in [-0.15, -0.1) is 5.10 Å². The fourth-order valence-electron chi connectivity index (χ4n) is 1.75. The van der Waals surface area contributed by atoms with E-state index >= 15 is 0 Å². The second-order valence-electron chi connectivity index (χ2n) is 4.14. The van der Waals surface area contributed by atoms with Gasteiger partial charge < -0.3 is 4.42 Å². The van der Waals surface area contributed by atoms with E-state index in [1.165, 1.54) is 22.3 Å². The van der Waals surface area contributed by atoms with Gasteiger partial charge in [-0.2, -0.15) is 9.57 Å². The van der Waals surface area contributed by atoms with Crippen molar-refractivity contribution in [1.82, 2.24) is 19.3 Å². The van der Waals surface area contributed by atoms with Crippen LogP contribution in [0, 0.1) is 11.3 Å². The van der Waals surface area contributed by atoms with Crippen LogP contribution in [0.1, 0.15) is 12.2 Å². The number of aryl methyl sites for hydroxylation is 1. The lowest BCUT2D eigenvalue weighted by molar-refractivity contribution is 0.365. The van der Waals surface area contributed by atoms with E-state index in [4.69, 9.17) is 9.68 Å². The zero-order valence-electron chi connectivity index (χ0n) is 11.1.